The fourth-order valence-corrected chi connectivity index (χ4v) is 3.49. The molecule has 1 heterocycles. The lowest BCUT2D eigenvalue weighted by atomic mass is 10.0. The Balaban J connectivity index is 2.70. The number of methoxy groups -OCH3 is 1. The summed E-state index contributed by atoms with van der Waals surface area (Å²) in [6, 6.07) is 7.17. The van der Waals surface area contributed by atoms with Crippen LogP contribution in [0.4, 0.5) is 0 Å². The fraction of sp³-hybridized carbons (Fsp3) is 0.400. The Kier molecular flexibility index (Phi) is 4.87. The number of carbonyl (C=O) groups is 2. The van der Waals surface area contributed by atoms with Crippen LogP contribution in [0.2, 0.25) is 0 Å². The number of para-hydroxylation sites is 2. The molecule has 0 saturated carbocycles. The van der Waals surface area contributed by atoms with E-state index in [1.165, 1.54) is 11.5 Å². The van der Waals surface area contributed by atoms with E-state index in [0.29, 0.717) is 5.52 Å². The molecule has 1 aromatic carbocycles. The van der Waals surface area contributed by atoms with E-state index in [2.05, 4.69) is 0 Å². The summed E-state index contributed by atoms with van der Waals surface area (Å²) >= 11 is 0. The third kappa shape index (κ3) is 3.35. The van der Waals surface area contributed by atoms with Crippen LogP contribution >= 0.6 is 0 Å². The van der Waals surface area contributed by atoms with Gasteiger partial charge in [-0.2, -0.15) is 8.42 Å². The highest BCUT2D eigenvalue weighted by molar-refractivity contribution is 7.84. The number of imidazole rings is 1. The van der Waals surface area contributed by atoms with E-state index in [-0.39, 0.29) is 4.31 Å². The Morgan fingerprint density at radius 2 is 1.96 bits per heavy atom. The number of fused-ring (bicyclic) bond motifs is 1. The zero-order valence-electron chi connectivity index (χ0n) is 14.3. The third-order valence-electron chi connectivity index (χ3n) is 4.05. The molecule has 1 N–H and O–H groups in total. The van der Waals surface area contributed by atoms with Crippen LogP contribution in [0, 0.1) is 0 Å². The van der Waals surface area contributed by atoms with Crippen molar-refractivity contribution in [2.75, 3.05) is 13.7 Å². The summed E-state index contributed by atoms with van der Waals surface area (Å²) in [4.78, 5) is 24.2. The Labute approximate surface area is 145 Å². The van der Waals surface area contributed by atoms with Crippen molar-refractivity contribution in [3.8, 4) is 0 Å². The number of amides is 1. The van der Waals surface area contributed by atoms with Gasteiger partial charge < -0.3 is 4.74 Å². The first-order valence-electron chi connectivity index (χ1n) is 7.32. The van der Waals surface area contributed by atoms with Gasteiger partial charge in [0.2, 0.25) is 17.8 Å². The number of ether oxygens (including phenoxy) is 1. The number of esters is 1. The van der Waals surface area contributed by atoms with Crippen LogP contribution in [-0.2, 0) is 37.2 Å². The van der Waals surface area contributed by atoms with E-state index in [1.807, 2.05) is 12.1 Å². The number of hydrogen-bond acceptors (Lipinski definition) is 5. The molecule has 2 rings (SSSR count). The first kappa shape index (κ1) is 18.9. The Bertz CT molecular complexity index is 936. The van der Waals surface area contributed by atoms with Gasteiger partial charge in [0, 0.05) is 6.92 Å². The molecule has 9 nitrogen and oxygen atoms in total. The number of rotatable bonds is 5. The summed E-state index contributed by atoms with van der Waals surface area (Å²) in [5.41, 5.74) is -0.160. The van der Waals surface area contributed by atoms with Crippen LogP contribution in [0.25, 0.3) is 11.0 Å². The second-order valence-corrected chi connectivity index (χ2v) is 7.19. The zero-order chi connectivity index (χ0) is 19.0. The lowest BCUT2D eigenvalue weighted by Gasteiger charge is -2.28. The predicted octanol–water partition coefficient (Wildman–Crippen LogP) is 0.00530. The van der Waals surface area contributed by atoms with Crippen LogP contribution < -0.4 is 4.57 Å². The summed E-state index contributed by atoms with van der Waals surface area (Å²) in [6.07, 6.45) is 1.60. The third-order valence-corrected chi connectivity index (χ3v) is 4.99. The average Bonchev–Trinajstić information content (AvgIpc) is 2.88. The van der Waals surface area contributed by atoms with Gasteiger partial charge in [0.25, 0.3) is 0 Å². The number of aromatic nitrogens is 2. The lowest BCUT2D eigenvalue weighted by molar-refractivity contribution is -0.646. The molecular formula is C15H20N3O6S+. The minimum atomic E-state index is -4.84. The van der Waals surface area contributed by atoms with Crippen molar-refractivity contribution in [2.45, 2.75) is 19.4 Å². The van der Waals surface area contributed by atoms with E-state index in [1.54, 1.807) is 30.1 Å². The van der Waals surface area contributed by atoms with Gasteiger partial charge in [-0.3, -0.25) is 9.35 Å². The SMILES string of the molecule is COC(=O)[C@](C)(CN(C(C)=O)S(=O)(=O)O)n1c[n+](C)c2ccccc21. The molecule has 0 saturated heterocycles. The van der Waals surface area contributed by atoms with Gasteiger partial charge in [0.15, 0.2) is 11.0 Å². The smallest absolute Gasteiger partial charge is 0.362 e. The molecule has 1 atom stereocenters. The molecule has 136 valence electrons. The minimum absolute atomic E-state index is 0.235. The Morgan fingerprint density at radius 3 is 2.48 bits per heavy atom. The van der Waals surface area contributed by atoms with Crippen molar-refractivity contribution in [2.24, 2.45) is 7.05 Å². The van der Waals surface area contributed by atoms with Gasteiger partial charge in [-0.05, 0) is 19.1 Å². The molecule has 0 spiro atoms. The maximum Gasteiger partial charge on any atom is 0.362 e. The monoisotopic (exact) mass is 370 g/mol. The molecule has 1 amide bonds. The molecule has 0 aliphatic rings. The van der Waals surface area contributed by atoms with E-state index in [9.17, 15) is 22.6 Å². The van der Waals surface area contributed by atoms with Crippen LogP contribution in [0.15, 0.2) is 30.6 Å². The number of benzene rings is 1. The second kappa shape index (κ2) is 6.45. The number of aryl methyl sites for hydroxylation is 1. The van der Waals surface area contributed by atoms with Gasteiger partial charge >= 0.3 is 16.3 Å². The van der Waals surface area contributed by atoms with Crippen LogP contribution in [0.1, 0.15) is 13.8 Å². The summed E-state index contributed by atoms with van der Waals surface area (Å²) in [7, 11) is -1.91. The van der Waals surface area contributed by atoms with Crippen LogP contribution in [0.3, 0.4) is 0 Å². The topological polar surface area (TPSA) is 110 Å². The molecule has 10 heteroatoms. The first-order chi connectivity index (χ1) is 11.5. The molecule has 0 unspecified atom stereocenters. The van der Waals surface area contributed by atoms with Crippen molar-refractivity contribution >= 4 is 33.2 Å². The fourth-order valence-electron chi connectivity index (χ4n) is 2.75. The van der Waals surface area contributed by atoms with Gasteiger partial charge in [-0.15, -0.1) is 0 Å². The molecule has 0 bridgehead atoms. The highest BCUT2D eigenvalue weighted by atomic mass is 32.2. The standard InChI is InChI=1S/C15H19N3O6S/c1-11(19)18(25(21,22)23)9-15(2,14(20)24-4)17-10-16(3)12-7-5-6-8-13(12)17/h5-8,10H,9H2,1-4H3/p+1/t15-/m0/s1. The van der Waals surface area contributed by atoms with E-state index in [0.717, 1.165) is 19.6 Å². The maximum atomic E-state index is 12.5. The quantitative estimate of drug-likeness (QED) is 0.451. The molecule has 1 aromatic heterocycles. The van der Waals surface area contributed by atoms with E-state index < -0.39 is 34.3 Å². The number of carbonyl (C=O) groups excluding carboxylic acids is 2. The molecule has 0 radical (unpaired) electrons. The molecular weight excluding hydrogens is 350 g/mol. The molecule has 0 aliphatic heterocycles. The zero-order valence-corrected chi connectivity index (χ0v) is 15.1. The Morgan fingerprint density at radius 1 is 1.36 bits per heavy atom. The molecule has 0 aliphatic carbocycles. The van der Waals surface area contributed by atoms with Crippen molar-refractivity contribution in [3.05, 3.63) is 30.6 Å². The highest BCUT2D eigenvalue weighted by Crippen LogP contribution is 2.25. The number of hydrogen-bond donors (Lipinski definition) is 1. The van der Waals surface area contributed by atoms with Gasteiger partial charge in [-0.25, -0.2) is 18.2 Å². The van der Waals surface area contributed by atoms with Crippen molar-refractivity contribution in [1.82, 2.24) is 8.87 Å². The van der Waals surface area contributed by atoms with Gasteiger partial charge in [-0.1, -0.05) is 12.1 Å². The average molecular weight is 370 g/mol. The largest absolute Gasteiger partial charge is 0.466 e. The maximum absolute atomic E-state index is 12.5. The van der Waals surface area contributed by atoms with Crippen molar-refractivity contribution in [1.29, 1.82) is 0 Å². The summed E-state index contributed by atoms with van der Waals surface area (Å²) < 4.78 is 40.8. The molecule has 25 heavy (non-hydrogen) atoms. The molecule has 2 aromatic rings. The second-order valence-electron chi connectivity index (χ2n) is 5.85. The number of nitrogens with zero attached hydrogens (tertiary/aromatic N) is 3. The molecule has 0 fully saturated rings. The summed E-state index contributed by atoms with van der Waals surface area (Å²) in [6.45, 7) is 1.80. The first-order valence-corrected chi connectivity index (χ1v) is 8.72. The highest BCUT2D eigenvalue weighted by Gasteiger charge is 2.47. The van der Waals surface area contributed by atoms with E-state index >= 15 is 0 Å². The van der Waals surface area contributed by atoms with Crippen molar-refractivity contribution in [3.63, 3.8) is 0 Å². The van der Waals surface area contributed by atoms with Gasteiger partial charge in [0.05, 0.1) is 20.7 Å². The minimum Gasteiger partial charge on any atom is -0.466 e. The normalized spacial score (nSPS) is 14.1. The van der Waals surface area contributed by atoms with Crippen LogP contribution in [0.5, 0.6) is 0 Å². The van der Waals surface area contributed by atoms with E-state index in [4.69, 9.17) is 4.74 Å². The lowest BCUT2D eigenvalue weighted by Crippen LogP contribution is -2.52. The van der Waals surface area contributed by atoms with Crippen LogP contribution in [-0.4, -0.2) is 47.4 Å². The predicted molar refractivity (Wildman–Crippen MR) is 87.7 cm³/mol. The Hall–Kier alpha value is -2.46. The van der Waals surface area contributed by atoms with Crippen molar-refractivity contribution < 1.29 is 31.9 Å². The summed E-state index contributed by atoms with van der Waals surface area (Å²) in [5.74, 6) is -1.68. The van der Waals surface area contributed by atoms with Gasteiger partial charge in [0.1, 0.15) is 0 Å². The summed E-state index contributed by atoms with van der Waals surface area (Å²) in [5, 5.41) is 0.